The molecular weight excluding hydrogens is 323 g/mol. The highest BCUT2D eigenvalue weighted by atomic mass is 19.1. The maximum absolute atomic E-state index is 13.0. The summed E-state index contributed by atoms with van der Waals surface area (Å²) in [5.74, 6) is -0.342. The van der Waals surface area contributed by atoms with E-state index in [4.69, 9.17) is 4.74 Å². The molecule has 1 aliphatic rings. The third-order valence-electron chi connectivity index (χ3n) is 4.24. The van der Waals surface area contributed by atoms with Crippen molar-refractivity contribution in [3.63, 3.8) is 0 Å². The van der Waals surface area contributed by atoms with Crippen LogP contribution in [0.25, 0.3) is 0 Å². The second-order valence-electron chi connectivity index (χ2n) is 5.95. The lowest BCUT2D eigenvalue weighted by Gasteiger charge is -2.16. The molecule has 25 heavy (non-hydrogen) atoms. The highest BCUT2D eigenvalue weighted by molar-refractivity contribution is 6.00. The molecule has 0 bridgehead atoms. The molecule has 1 aliphatic heterocycles. The third kappa shape index (κ3) is 3.96. The highest BCUT2D eigenvalue weighted by Crippen LogP contribution is 2.25. The molecule has 1 saturated heterocycles. The van der Waals surface area contributed by atoms with Gasteiger partial charge in [-0.2, -0.15) is 0 Å². The third-order valence-corrected chi connectivity index (χ3v) is 4.24. The summed E-state index contributed by atoms with van der Waals surface area (Å²) in [7, 11) is 1.59. The van der Waals surface area contributed by atoms with Gasteiger partial charge in [0.1, 0.15) is 11.6 Å². The number of carbonyl (C=O) groups excluding carboxylic acids is 2. The molecule has 0 unspecified atom stereocenters. The number of ether oxygens (including phenoxy) is 1. The molecule has 5 nitrogen and oxygen atoms in total. The summed E-state index contributed by atoms with van der Waals surface area (Å²) >= 11 is 0. The summed E-state index contributed by atoms with van der Waals surface area (Å²) in [6.45, 7) is 0.672. The van der Waals surface area contributed by atoms with Gasteiger partial charge >= 0.3 is 0 Å². The standard InChI is InChI=1S/C19H19FN2O3/c1-25-17-4-2-3-13(9-17)11-21-19(24)14-10-18(23)22(12-14)16-7-5-15(20)6-8-16/h2-9,14H,10-12H2,1H3,(H,21,24)/t14-/m0/s1. The molecule has 130 valence electrons. The Labute approximate surface area is 145 Å². The van der Waals surface area contributed by atoms with Crippen molar-refractivity contribution in [2.45, 2.75) is 13.0 Å². The summed E-state index contributed by atoms with van der Waals surface area (Å²) < 4.78 is 18.2. The van der Waals surface area contributed by atoms with Crippen LogP contribution in [0, 0.1) is 11.7 Å². The van der Waals surface area contributed by atoms with Gasteiger partial charge in [0.05, 0.1) is 13.0 Å². The van der Waals surface area contributed by atoms with Gasteiger partial charge in [-0.25, -0.2) is 4.39 Å². The van der Waals surface area contributed by atoms with E-state index in [9.17, 15) is 14.0 Å². The van der Waals surface area contributed by atoms with Gasteiger partial charge in [-0.1, -0.05) is 12.1 Å². The SMILES string of the molecule is COc1cccc(CNC(=O)[C@H]2CC(=O)N(c3ccc(F)cc3)C2)c1. The lowest BCUT2D eigenvalue weighted by molar-refractivity contribution is -0.126. The number of anilines is 1. The van der Waals surface area contributed by atoms with Crippen molar-refractivity contribution in [2.24, 2.45) is 5.92 Å². The van der Waals surface area contributed by atoms with Crippen molar-refractivity contribution in [3.05, 3.63) is 59.9 Å². The van der Waals surface area contributed by atoms with Crippen LogP contribution >= 0.6 is 0 Å². The number of nitrogens with one attached hydrogen (secondary N) is 1. The molecule has 2 aromatic carbocycles. The fraction of sp³-hybridized carbons (Fsp3) is 0.263. The zero-order valence-electron chi connectivity index (χ0n) is 13.9. The number of nitrogens with zero attached hydrogens (tertiary/aromatic N) is 1. The maximum Gasteiger partial charge on any atom is 0.227 e. The molecule has 0 aromatic heterocycles. The monoisotopic (exact) mass is 342 g/mol. The van der Waals surface area contributed by atoms with Crippen LogP contribution in [0.4, 0.5) is 10.1 Å². The van der Waals surface area contributed by atoms with Gasteiger partial charge in [0.25, 0.3) is 0 Å². The molecule has 1 atom stereocenters. The average Bonchev–Trinajstić information content (AvgIpc) is 3.02. The van der Waals surface area contributed by atoms with Crippen molar-refractivity contribution in [1.29, 1.82) is 0 Å². The largest absolute Gasteiger partial charge is 0.497 e. The Morgan fingerprint density at radius 3 is 2.76 bits per heavy atom. The first kappa shape index (κ1) is 17.0. The Bertz CT molecular complexity index is 776. The number of benzene rings is 2. The Kier molecular flexibility index (Phi) is 4.97. The zero-order valence-corrected chi connectivity index (χ0v) is 13.9. The van der Waals surface area contributed by atoms with E-state index < -0.39 is 5.92 Å². The fourth-order valence-corrected chi connectivity index (χ4v) is 2.87. The van der Waals surface area contributed by atoms with E-state index >= 15 is 0 Å². The van der Waals surface area contributed by atoms with Crippen molar-refractivity contribution in [1.82, 2.24) is 5.32 Å². The molecule has 0 radical (unpaired) electrons. The van der Waals surface area contributed by atoms with E-state index in [0.717, 1.165) is 11.3 Å². The van der Waals surface area contributed by atoms with Crippen LogP contribution in [-0.2, 0) is 16.1 Å². The first-order valence-corrected chi connectivity index (χ1v) is 8.03. The molecule has 0 spiro atoms. The minimum absolute atomic E-state index is 0.131. The normalized spacial score (nSPS) is 16.8. The average molecular weight is 342 g/mol. The Hall–Kier alpha value is -2.89. The second-order valence-corrected chi connectivity index (χ2v) is 5.95. The number of hydrogen-bond donors (Lipinski definition) is 1. The number of amides is 2. The predicted octanol–water partition coefficient (Wildman–Crippen LogP) is 2.50. The zero-order chi connectivity index (χ0) is 17.8. The molecule has 0 saturated carbocycles. The molecule has 2 amide bonds. The van der Waals surface area contributed by atoms with Crippen LogP contribution in [0.15, 0.2) is 48.5 Å². The van der Waals surface area contributed by atoms with Gasteiger partial charge in [0.2, 0.25) is 11.8 Å². The smallest absolute Gasteiger partial charge is 0.227 e. The van der Waals surface area contributed by atoms with Gasteiger partial charge in [-0.05, 0) is 42.0 Å². The first-order chi connectivity index (χ1) is 12.1. The van der Waals surface area contributed by atoms with E-state index in [1.165, 1.54) is 17.0 Å². The molecule has 3 rings (SSSR count). The van der Waals surface area contributed by atoms with E-state index in [0.29, 0.717) is 18.8 Å². The first-order valence-electron chi connectivity index (χ1n) is 8.03. The van der Waals surface area contributed by atoms with Crippen molar-refractivity contribution >= 4 is 17.5 Å². The lowest BCUT2D eigenvalue weighted by Crippen LogP contribution is -2.32. The van der Waals surface area contributed by atoms with Gasteiger partial charge in [0, 0.05) is 25.2 Å². The van der Waals surface area contributed by atoms with Crippen molar-refractivity contribution < 1.29 is 18.7 Å². The summed E-state index contributed by atoms with van der Waals surface area (Å²) in [5, 5.41) is 2.86. The summed E-state index contributed by atoms with van der Waals surface area (Å²) in [6, 6.07) is 13.1. The van der Waals surface area contributed by atoms with Crippen molar-refractivity contribution in [2.75, 3.05) is 18.6 Å². The molecule has 2 aromatic rings. The van der Waals surface area contributed by atoms with Crippen LogP contribution in [0.1, 0.15) is 12.0 Å². The summed E-state index contributed by atoms with van der Waals surface area (Å²) in [5.41, 5.74) is 1.53. The van der Waals surface area contributed by atoms with Crippen molar-refractivity contribution in [3.8, 4) is 5.75 Å². The molecule has 1 heterocycles. The van der Waals surface area contributed by atoms with Gasteiger partial charge < -0.3 is 15.0 Å². The van der Waals surface area contributed by atoms with E-state index in [1.807, 2.05) is 24.3 Å². The predicted molar refractivity (Wildman–Crippen MR) is 91.7 cm³/mol. The number of rotatable bonds is 5. The van der Waals surface area contributed by atoms with E-state index in [1.54, 1.807) is 19.2 Å². The minimum atomic E-state index is -0.414. The number of methoxy groups -OCH3 is 1. The molecule has 6 heteroatoms. The number of halogens is 1. The Morgan fingerprint density at radius 2 is 2.04 bits per heavy atom. The number of hydrogen-bond acceptors (Lipinski definition) is 3. The highest BCUT2D eigenvalue weighted by Gasteiger charge is 2.34. The molecule has 1 fully saturated rings. The minimum Gasteiger partial charge on any atom is -0.497 e. The van der Waals surface area contributed by atoms with Crippen LogP contribution in [0.3, 0.4) is 0 Å². The van der Waals surface area contributed by atoms with Gasteiger partial charge in [-0.15, -0.1) is 0 Å². The van der Waals surface area contributed by atoms with Crippen LogP contribution in [0.2, 0.25) is 0 Å². The quantitative estimate of drug-likeness (QED) is 0.908. The molecule has 1 N–H and O–H groups in total. The summed E-state index contributed by atoms with van der Waals surface area (Å²) in [4.78, 5) is 26.1. The second kappa shape index (κ2) is 7.34. The van der Waals surface area contributed by atoms with Crippen LogP contribution < -0.4 is 15.0 Å². The van der Waals surface area contributed by atoms with Gasteiger partial charge in [0.15, 0.2) is 0 Å². The van der Waals surface area contributed by atoms with Crippen LogP contribution in [-0.4, -0.2) is 25.5 Å². The summed E-state index contributed by atoms with van der Waals surface area (Å²) in [6.07, 6.45) is 0.154. The van der Waals surface area contributed by atoms with Crippen LogP contribution in [0.5, 0.6) is 5.75 Å². The lowest BCUT2D eigenvalue weighted by atomic mass is 10.1. The number of carbonyl (C=O) groups is 2. The van der Waals surface area contributed by atoms with Gasteiger partial charge in [-0.3, -0.25) is 9.59 Å². The fourth-order valence-electron chi connectivity index (χ4n) is 2.87. The topological polar surface area (TPSA) is 58.6 Å². The molecule has 0 aliphatic carbocycles. The molecular formula is C19H19FN2O3. The Morgan fingerprint density at radius 1 is 1.28 bits per heavy atom. The Balaban J connectivity index is 1.59. The van der Waals surface area contributed by atoms with E-state index in [-0.39, 0.29) is 24.1 Å². The van der Waals surface area contributed by atoms with E-state index in [2.05, 4.69) is 5.32 Å². The maximum atomic E-state index is 13.0.